The zero-order valence-corrected chi connectivity index (χ0v) is 16.6. The Kier molecular flexibility index (Phi) is 8.21. The van der Waals surface area contributed by atoms with Gasteiger partial charge in [0.25, 0.3) is 0 Å². The second kappa shape index (κ2) is 10.7. The molecule has 0 aliphatic carbocycles. The Morgan fingerprint density at radius 2 is 1.85 bits per heavy atom. The molecule has 0 saturated carbocycles. The van der Waals surface area contributed by atoms with Crippen LogP contribution in [-0.2, 0) is 19.5 Å². The number of rotatable bonds is 10. The average molecular weight is 377 g/mol. The maximum atomic E-state index is 5.66. The number of ether oxygens (including phenoxy) is 2. The van der Waals surface area contributed by atoms with E-state index in [1.54, 1.807) is 0 Å². The summed E-state index contributed by atoms with van der Waals surface area (Å²) in [4.78, 5) is 0. The van der Waals surface area contributed by atoms with Gasteiger partial charge in [0, 0.05) is 31.4 Å². The highest BCUT2D eigenvalue weighted by Gasteiger charge is 2.06. The predicted molar refractivity (Wildman–Crippen MR) is 108 cm³/mol. The first-order valence-electron chi connectivity index (χ1n) is 9.07. The van der Waals surface area contributed by atoms with Crippen LogP contribution in [0.2, 0.25) is 0 Å². The summed E-state index contributed by atoms with van der Waals surface area (Å²) >= 11 is 5.33. The number of hydrogen-bond acceptors (Lipinski definition) is 4. The second-order valence-corrected chi connectivity index (χ2v) is 6.12. The standard InChI is InChI=1S/C19H28N4O2S/c1-4-23-14-16(13-22-23)12-21-19(26)20-10-9-15-7-8-17(24-5-2)18(11-15)25-6-3/h7-8,11,13-14H,4-6,9-10,12H2,1-3H3,(H2,20,21,26). The lowest BCUT2D eigenvalue weighted by Gasteiger charge is -2.13. The zero-order chi connectivity index (χ0) is 18.8. The average Bonchev–Trinajstić information content (AvgIpc) is 3.10. The first kappa shape index (κ1) is 20.0. The van der Waals surface area contributed by atoms with Gasteiger partial charge in [0.2, 0.25) is 0 Å². The SMILES string of the molecule is CCOc1ccc(CCNC(=S)NCc2cnn(CC)c2)cc1OCC. The molecule has 2 aromatic rings. The van der Waals surface area contributed by atoms with E-state index >= 15 is 0 Å². The van der Waals surface area contributed by atoms with Crippen molar-refractivity contribution in [3.05, 3.63) is 41.7 Å². The van der Waals surface area contributed by atoms with E-state index in [0.717, 1.165) is 36.6 Å². The third-order valence-corrected chi connectivity index (χ3v) is 4.06. The molecule has 0 saturated heterocycles. The van der Waals surface area contributed by atoms with Gasteiger partial charge in [0.05, 0.1) is 19.4 Å². The third kappa shape index (κ3) is 6.22. The first-order chi connectivity index (χ1) is 12.7. The van der Waals surface area contributed by atoms with Crippen LogP contribution in [0.3, 0.4) is 0 Å². The van der Waals surface area contributed by atoms with Gasteiger partial charge in [0.15, 0.2) is 16.6 Å². The Hall–Kier alpha value is -2.28. The lowest BCUT2D eigenvalue weighted by Crippen LogP contribution is -2.35. The fourth-order valence-corrected chi connectivity index (χ4v) is 2.66. The molecule has 2 rings (SSSR count). The number of benzene rings is 1. The number of nitrogens with one attached hydrogen (secondary N) is 2. The molecule has 0 radical (unpaired) electrons. The molecular formula is C19H28N4O2S. The van der Waals surface area contributed by atoms with Crippen LogP contribution in [0.25, 0.3) is 0 Å². The van der Waals surface area contributed by atoms with Gasteiger partial charge in [0.1, 0.15) is 0 Å². The van der Waals surface area contributed by atoms with Gasteiger partial charge in [-0.3, -0.25) is 4.68 Å². The molecule has 0 atom stereocenters. The quantitative estimate of drug-likeness (QED) is 0.622. The highest BCUT2D eigenvalue weighted by atomic mass is 32.1. The van der Waals surface area contributed by atoms with Crippen molar-refractivity contribution < 1.29 is 9.47 Å². The van der Waals surface area contributed by atoms with E-state index < -0.39 is 0 Å². The largest absolute Gasteiger partial charge is 0.490 e. The summed E-state index contributed by atoms with van der Waals surface area (Å²) in [7, 11) is 0. The summed E-state index contributed by atoms with van der Waals surface area (Å²) in [6.07, 6.45) is 4.72. The highest BCUT2D eigenvalue weighted by molar-refractivity contribution is 7.80. The molecule has 2 N–H and O–H groups in total. The van der Waals surface area contributed by atoms with Gasteiger partial charge in [-0.05, 0) is 57.1 Å². The normalized spacial score (nSPS) is 10.4. The Morgan fingerprint density at radius 1 is 1.08 bits per heavy atom. The molecule has 0 aliphatic rings. The van der Waals surface area contributed by atoms with E-state index in [0.29, 0.717) is 24.9 Å². The van der Waals surface area contributed by atoms with Crippen molar-refractivity contribution in [3.63, 3.8) is 0 Å². The molecule has 0 fully saturated rings. The van der Waals surface area contributed by atoms with Crippen LogP contribution in [0, 0.1) is 0 Å². The van der Waals surface area contributed by atoms with Gasteiger partial charge in [-0.1, -0.05) is 6.07 Å². The minimum absolute atomic E-state index is 0.615. The predicted octanol–water partition coefficient (Wildman–Crippen LogP) is 2.91. The van der Waals surface area contributed by atoms with E-state index in [-0.39, 0.29) is 0 Å². The summed E-state index contributed by atoms with van der Waals surface area (Å²) in [5.74, 6) is 1.58. The topological polar surface area (TPSA) is 60.3 Å². The van der Waals surface area contributed by atoms with E-state index in [1.165, 1.54) is 5.56 Å². The summed E-state index contributed by atoms with van der Waals surface area (Å²) in [5, 5.41) is 11.3. The van der Waals surface area contributed by atoms with Crippen molar-refractivity contribution in [2.45, 2.75) is 40.3 Å². The Bertz CT molecular complexity index is 703. The highest BCUT2D eigenvalue weighted by Crippen LogP contribution is 2.28. The minimum atomic E-state index is 0.615. The molecule has 6 nitrogen and oxygen atoms in total. The van der Waals surface area contributed by atoms with Gasteiger partial charge < -0.3 is 20.1 Å². The lowest BCUT2D eigenvalue weighted by atomic mass is 10.1. The fraction of sp³-hybridized carbons (Fsp3) is 0.474. The van der Waals surface area contributed by atoms with Crippen LogP contribution in [-0.4, -0.2) is 34.7 Å². The van der Waals surface area contributed by atoms with Crippen molar-refractivity contribution in [1.29, 1.82) is 0 Å². The molecule has 0 bridgehead atoms. The van der Waals surface area contributed by atoms with Crippen LogP contribution in [0.4, 0.5) is 0 Å². The molecule has 1 aromatic heterocycles. The van der Waals surface area contributed by atoms with E-state index in [4.69, 9.17) is 21.7 Å². The minimum Gasteiger partial charge on any atom is -0.490 e. The number of hydrogen-bond donors (Lipinski definition) is 2. The van der Waals surface area contributed by atoms with E-state index in [9.17, 15) is 0 Å². The molecule has 0 spiro atoms. The van der Waals surface area contributed by atoms with E-state index in [1.807, 2.05) is 43.1 Å². The molecular weight excluding hydrogens is 348 g/mol. The third-order valence-electron chi connectivity index (χ3n) is 3.77. The smallest absolute Gasteiger partial charge is 0.166 e. The number of nitrogens with zero attached hydrogens (tertiary/aromatic N) is 2. The van der Waals surface area contributed by atoms with Crippen molar-refractivity contribution in [1.82, 2.24) is 20.4 Å². The molecule has 0 aliphatic heterocycles. The van der Waals surface area contributed by atoms with Crippen molar-refractivity contribution >= 4 is 17.3 Å². The number of aryl methyl sites for hydroxylation is 1. The van der Waals surface area contributed by atoms with Gasteiger partial charge in [-0.2, -0.15) is 5.10 Å². The summed E-state index contributed by atoms with van der Waals surface area (Å²) in [6.45, 7) is 9.53. The number of aromatic nitrogens is 2. The molecule has 7 heteroatoms. The second-order valence-electron chi connectivity index (χ2n) is 5.71. The van der Waals surface area contributed by atoms with Crippen molar-refractivity contribution in [2.75, 3.05) is 19.8 Å². The lowest BCUT2D eigenvalue weighted by molar-refractivity contribution is 0.287. The molecule has 0 unspecified atom stereocenters. The number of thiocarbonyl (C=S) groups is 1. The maximum absolute atomic E-state index is 5.66. The van der Waals surface area contributed by atoms with Crippen LogP contribution >= 0.6 is 12.2 Å². The summed E-state index contributed by atoms with van der Waals surface area (Å²) < 4.78 is 13.2. The summed E-state index contributed by atoms with van der Waals surface area (Å²) in [6, 6.07) is 6.06. The Labute approximate surface area is 160 Å². The van der Waals surface area contributed by atoms with Gasteiger partial charge in [-0.15, -0.1) is 0 Å². The Morgan fingerprint density at radius 3 is 2.54 bits per heavy atom. The van der Waals surface area contributed by atoms with Gasteiger partial charge >= 0.3 is 0 Å². The van der Waals surface area contributed by atoms with Gasteiger partial charge in [-0.25, -0.2) is 0 Å². The van der Waals surface area contributed by atoms with Crippen molar-refractivity contribution in [3.8, 4) is 11.5 Å². The molecule has 142 valence electrons. The Balaban J connectivity index is 1.77. The summed E-state index contributed by atoms with van der Waals surface area (Å²) in [5.41, 5.74) is 2.29. The monoisotopic (exact) mass is 376 g/mol. The molecule has 1 aromatic carbocycles. The molecule has 26 heavy (non-hydrogen) atoms. The first-order valence-corrected chi connectivity index (χ1v) is 9.48. The fourth-order valence-electron chi connectivity index (χ4n) is 2.49. The van der Waals surface area contributed by atoms with Crippen LogP contribution in [0.5, 0.6) is 11.5 Å². The zero-order valence-electron chi connectivity index (χ0n) is 15.7. The van der Waals surface area contributed by atoms with Crippen LogP contribution in [0.15, 0.2) is 30.6 Å². The molecule has 0 amide bonds. The van der Waals surface area contributed by atoms with Crippen molar-refractivity contribution in [2.24, 2.45) is 0 Å². The molecule has 1 heterocycles. The van der Waals surface area contributed by atoms with Crippen LogP contribution < -0.4 is 20.1 Å². The maximum Gasteiger partial charge on any atom is 0.166 e. The van der Waals surface area contributed by atoms with Crippen LogP contribution in [0.1, 0.15) is 31.9 Å². The van der Waals surface area contributed by atoms with E-state index in [2.05, 4.69) is 28.7 Å².